The normalized spacial score (nSPS) is 23.9. The average molecular weight is 336 g/mol. The number of ketones is 1. The third kappa shape index (κ3) is 4.96. The second-order valence-corrected chi connectivity index (χ2v) is 6.42. The molecule has 0 amide bonds. The fraction of sp³-hybridized carbons (Fsp3) is 0.556. The topological polar surface area (TPSA) is 104 Å². The summed E-state index contributed by atoms with van der Waals surface area (Å²) in [4.78, 5) is 24.5. The Kier molecular flexibility index (Phi) is 6.20. The molecule has 24 heavy (non-hydrogen) atoms. The van der Waals surface area contributed by atoms with Crippen LogP contribution in [0.25, 0.3) is 0 Å². The molecule has 2 atom stereocenters. The number of carbonyl (C=O) groups is 2. The summed E-state index contributed by atoms with van der Waals surface area (Å²) in [6, 6.07) is 2.35. The molecule has 0 unspecified atom stereocenters. The Labute approximate surface area is 141 Å². The van der Waals surface area contributed by atoms with Crippen LogP contribution in [0.2, 0.25) is 0 Å². The number of cyclic esters (lactones) is 1. The molecular weight excluding hydrogens is 312 g/mol. The fourth-order valence-corrected chi connectivity index (χ4v) is 3.01. The van der Waals surface area contributed by atoms with Gasteiger partial charge in [0, 0.05) is 25.3 Å². The van der Waals surface area contributed by atoms with Gasteiger partial charge < -0.3 is 20.1 Å². The van der Waals surface area contributed by atoms with Gasteiger partial charge in [-0.2, -0.15) is 0 Å². The molecule has 0 bridgehead atoms. The van der Waals surface area contributed by atoms with Crippen molar-refractivity contribution in [1.82, 2.24) is 0 Å². The van der Waals surface area contributed by atoms with Crippen LogP contribution >= 0.6 is 0 Å². The van der Waals surface area contributed by atoms with Crippen LogP contribution in [0.1, 0.15) is 61.4 Å². The van der Waals surface area contributed by atoms with Crippen LogP contribution in [0.15, 0.2) is 12.1 Å². The van der Waals surface area contributed by atoms with Crippen molar-refractivity contribution in [2.24, 2.45) is 0 Å². The van der Waals surface area contributed by atoms with E-state index in [9.17, 15) is 24.9 Å². The maximum absolute atomic E-state index is 12.4. The standard InChI is InChI=1S/C18H24O6/c1-11-7-13(19)5-3-2-4-6-14(20)8-12-9-15(21)10-16(22)17(12)18(23)24-11/h9-11,13,19,21-22H,2-8H2,1H3/t11-,13-/m1/s1. The van der Waals surface area contributed by atoms with Gasteiger partial charge in [0.1, 0.15) is 28.9 Å². The molecule has 0 radical (unpaired) electrons. The molecule has 0 aromatic heterocycles. The lowest BCUT2D eigenvalue weighted by atomic mass is 9.97. The van der Waals surface area contributed by atoms with E-state index in [0.29, 0.717) is 25.7 Å². The van der Waals surface area contributed by atoms with Gasteiger partial charge in [-0.3, -0.25) is 4.79 Å². The fourth-order valence-electron chi connectivity index (χ4n) is 3.01. The second-order valence-electron chi connectivity index (χ2n) is 6.42. The Hall–Kier alpha value is -2.08. The van der Waals surface area contributed by atoms with Crippen LogP contribution in [-0.2, 0) is 16.0 Å². The molecule has 1 aromatic rings. The monoisotopic (exact) mass is 336 g/mol. The summed E-state index contributed by atoms with van der Waals surface area (Å²) < 4.78 is 5.30. The van der Waals surface area contributed by atoms with Gasteiger partial charge in [-0.1, -0.05) is 12.8 Å². The number of phenols is 2. The number of ether oxygens (including phenoxy) is 1. The molecule has 1 aliphatic heterocycles. The van der Waals surface area contributed by atoms with Crippen molar-refractivity contribution >= 4 is 11.8 Å². The van der Waals surface area contributed by atoms with E-state index in [1.807, 2.05) is 0 Å². The molecule has 0 saturated carbocycles. The van der Waals surface area contributed by atoms with E-state index in [1.165, 1.54) is 6.07 Å². The second kappa shape index (κ2) is 8.15. The molecule has 0 aliphatic carbocycles. The van der Waals surface area contributed by atoms with Crippen molar-refractivity contribution in [3.8, 4) is 11.5 Å². The molecule has 1 heterocycles. The number of Topliss-reactive ketones (excluding diaryl/α,β-unsaturated/α-hetero) is 1. The highest BCUT2D eigenvalue weighted by Gasteiger charge is 2.24. The largest absolute Gasteiger partial charge is 0.508 e. The lowest BCUT2D eigenvalue weighted by Crippen LogP contribution is -2.22. The third-order valence-corrected chi connectivity index (χ3v) is 4.18. The molecule has 132 valence electrons. The Balaban J connectivity index is 2.32. The number of aromatic hydroxyl groups is 2. The zero-order valence-corrected chi connectivity index (χ0v) is 13.8. The van der Waals surface area contributed by atoms with E-state index in [-0.39, 0.29) is 29.1 Å². The lowest BCUT2D eigenvalue weighted by Gasteiger charge is -2.19. The number of hydrogen-bond acceptors (Lipinski definition) is 6. The van der Waals surface area contributed by atoms with E-state index < -0.39 is 23.9 Å². The minimum atomic E-state index is -0.757. The van der Waals surface area contributed by atoms with Gasteiger partial charge in [0.15, 0.2) is 0 Å². The molecule has 3 N–H and O–H groups in total. The van der Waals surface area contributed by atoms with Crippen LogP contribution in [-0.4, -0.2) is 39.3 Å². The minimum Gasteiger partial charge on any atom is -0.508 e. The van der Waals surface area contributed by atoms with Crippen molar-refractivity contribution in [3.63, 3.8) is 0 Å². The van der Waals surface area contributed by atoms with E-state index >= 15 is 0 Å². The van der Waals surface area contributed by atoms with Gasteiger partial charge in [0.25, 0.3) is 0 Å². The van der Waals surface area contributed by atoms with Gasteiger partial charge in [0.2, 0.25) is 0 Å². The molecule has 6 heteroatoms. The summed E-state index contributed by atoms with van der Waals surface area (Å²) in [7, 11) is 0. The highest BCUT2D eigenvalue weighted by atomic mass is 16.5. The average Bonchev–Trinajstić information content (AvgIpc) is 2.44. The molecule has 0 fully saturated rings. The first-order valence-corrected chi connectivity index (χ1v) is 8.32. The lowest BCUT2D eigenvalue weighted by molar-refractivity contribution is -0.118. The van der Waals surface area contributed by atoms with E-state index in [2.05, 4.69) is 0 Å². The van der Waals surface area contributed by atoms with Gasteiger partial charge in [-0.05, 0) is 31.4 Å². The first kappa shape index (κ1) is 18.3. The Morgan fingerprint density at radius 1 is 1.12 bits per heavy atom. The summed E-state index contributed by atoms with van der Waals surface area (Å²) in [6.07, 6.45) is 2.52. The molecule has 0 spiro atoms. The molecule has 1 aliphatic rings. The van der Waals surface area contributed by atoms with Crippen molar-refractivity contribution < 1.29 is 29.6 Å². The van der Waals surface area contributed by atoms with Gasteiger partial charge in [0.05, 0.1) is 6.10 Å². The number of aliphatic hydroxyl groups excluding tert-OH is 1. The highest BCUT2D eigenvalue weighted by Crippen LogP contribution is 2.29. The number of aliphatic hydroxyl groups is 1. The summed E-state index contributed by atoms with van der Waals surface area (Å²) in [5.41, 5.74) is 0.159. The number of hydrogen-bond donors (Lipinski definition) is 3. The number of rotatable bonds is 0. The summed E-state index contributed by atoms with van der Waals surface area (Å²) in [5, 5.41) is 29.6. The number of esters is 1. The van der Waals surface area contributed by atoms with Crippen molar-refractivity contribution in [2.45, 2.75) is 64.1 Å². The highest BCUT2D eigenvalue weighted by molar-refractivity contribution is 5.96. The zero-order chi connectivity index (χ0) is 17.7. The summed E-state index contributed by atoms with van der Waals surface area (Å²) in [6.45, 7) is 1.68. The van der Waals surface area contributed by atoms with Crippen LogP contribution in [0.3, 0.4) is 0 Å². The van der Waals surface area contributed by atoms with Crippen LogP contribution in [0, 0.1) is 0 Å². The molecule has 6 nitrogen and oxygen atoms in total. The smallest absolute Gasteiger partial charge is 0.342 e. The number of fused-ring (bicyclic) bond motifs is 1. The Morgan fingerprint density at radius 2 is 1.88 bits per heavy atom. The summed E-state index contributed by atoms with van der Waals surface area (Å²) in [5.74, 6) is -1.45. The predicted molar refractivity (Wildman–Crippen MR) is 87.1 cm³/mol. The van der Waals surface area contributed by atoms with Crippen LogP contribution in [0.5, 0.6) is 11.5 Å². The first-order chi connectivity index (χ1) is 11.4. The van der Waals surface area contributed by atoms with Gasteiger partial charge in [-0.25, -0.2) is 4.79 Å². The number of phenolic OH excluding ortho intramolecular Hbond substituents is 2. The molecule has 2 rings (SSSR count). The first-order valence-electron chi connectivity index (χ1n) is 8.32. The van der Waals surface area contributed by atoms with E-state index in [1.54, 1.807) is 6.92 Å². The molecular formula is C18H24O6. The van der Waals surface area contributed by atoms with Gasteiger partial charge >= 0.3 is 5.97 Å². The van der Waals surface area contributed by atoms with Crippen LogP contribution in [0.4, 0.5) is 0 Å². The number of benzene rings is 1. The zero-order valence-electron chi connectivity index (χ0n) is 13.8. The van der Waals surface area contributed by atoms with E-state index in [4.69, 9.17) is 4.74 Å². The quantitative estimate of drug-likeness (QED) is 0.629. The summed E-state index contributed by atoms with van der Waals surface area (Å²) >= 11 is 0. The van der Waals surface area contributed by atoms with E-state index in [0.717, 1.165) is 18.9 Å². The minimum absolute atomic E-state index is 0.0383. The molecule has 1 aromatic carbocycles. The maximum atomic E-state index is 12.4. The van der Waals surface area contributed by atoms with Gasteiger partial charge in [-0.15, -0.1) is 0 Å². The van der Waals surface area contributed by atoms with Crippen molar-refractivity contribution in [1.29, 1.82) is 0 Å². The third-order valence-electron chi connectivity index (χ3n) is 4.18. The van der Waals surface area contributed by atoms with Crippen molar-refractivity contribution in [3.05, 3.63) is 23.3 Å². The maximum Gasteiger partial charge on any atom is 0.342 e. The Bertz CT molecular complexity index is 610. The molecule has 0 saturated heterocycles. The predicted octanol–water partition coefficient (Wildman–Crippen LogP) is 2.47. The Morgan fingerprint density at radius 3 is 2.62 bits per heavy atom. The van der Waals surface area contributed by atoms with Crippen LogP contribution < -0.4 is 0 Å². The SMILES string of the molecule is C[C@@H]1C[C@H](O)CCCCCC(=O)Cc2cc(O)cc(O)c2C(=O)O1. The van der Waals surface area contributed by atoms with Crippen molar-refractivity contribution in [2.75, 3.05) is 0 Å². The number of carbonyl (C=O) groups excluding carboxylic acids is 2.